The number of rotatable bonds is 2. The Morgan fingerprint density at radius 2 is 1.25 bits per heavy atom. The zero-order valence-corrected chi connectivity index (χ0v) is 15.7. The van der Waals surface area contributed by atoms with E-state index in [-0.39, 0.29) is 11.1 Å². The van der Waals surface area contributed by atoms with E-state index in [1.54, 1.807) is 32.9 Å². The molecule has 0 fully saturated rings. The Bertz CT molecular complexity index is 771. The summed E-state index contributed by atoms with van der Waals surface area (Å²) in [6.07, 6.45) is -2.89. The average molecular weight is 374 g/mol. The maximum Gasteiger partial charge on any atom is 0.308 e. The van der Waals surface area contributed by atoms with Crippen LogP contribution in [0.25, 0.3) is 11.1 Å². The van der Waals surface area contributed by atoms with Gasteiger partial charge in [0.05, 0.1) is 0 Å². The van der Waals surface area contributed by atoms with Gasteiger partial charge in [0.1, 0.15) is 0 Å². The molecule has 0 saturated carbocycles. The van der Waals surface area contributed by atoms with Crippen LogP contribution in [-0.4, -0.2) is 17.8 Å². The number of hydrogen-bond acceptors (Lipinski definition) is 2. The molecule has 0 radical (unpaired) electrons. The van der Waals surface area contributed by atoms with Gasteiger partial charge in [-0.05, 0) is 57.9 Å². The molecule has 3 rings (SSSR count). The zero-order chi connectivity index (χ0) is 18.0. The van der Waals surface area contributed by atoms with Gasteiger partial charge in [0, 0.05) is 30.7 Å². The summed E-state index contributed by atoms with van der Waals surface area (Å²) in [5, 5.41) is 0. The Balaban J connectivity index is 2.41. The molecule has 0 saturated heterocycles. The summed E-state index contributed by atoms with van der Waals surface area (Å²) in [6, 6.07) is 3.28. The van der Waals surface area contributed by atoms with Crippen LogP contribution in [0.2, 0.25) is 0 Å². The first-order valence-electron chi connectivity index (χ1n) is 7.58. The molecule has 0 spiro atoms. The van der Waals surface area contributed by atoms with Gasteiger partial charge in [-0.2, -0.15) is 8.78 Å². The molecule has 0 bridgehead atoms. The minimum Gasteiger partial charge on any atom is -0.236 e. The summed E-state index contributed by atoms with van der Waals surface area (Å²) in [6.45, 7) is 8.02. The van der Waals surface area contributed by atoms with Crippen LogP contribution in [0.3, 0.4) is 0 Å². The second-order valence-electron chi connectivity index (χ2n) is 6.46. The van der Waals surface area contributed by atoms with Crippen LogP contribution in [0.1, 0.15) is 37.6 Å². The van der Waals surface area contributed by atoms with Crippen molar-refractivity contribution in [2.45, 2.75) is 52.4 Å². The molecule has 0 aliphatic heterocycles. The second kappa shape index (κ2) is 5.43. The Kier molecular flexibility index (Phi) is 4.00. The summed E-state index contributed by atoms with van der Waals surface area (Å²) in [7, 11) is 0. The highest BCUT2D eigenvalue weighted by Gasteiger charge is 2.64. The third kappa shape index (κ3) is 2.37. The zero-order valence-electron chi connectivity index (χ0n) is 14.1. The maximum absolute atomic E-state index is 15.2. The summed E-state index contributed by atoms with van der Waals surface area (Å²) < 4.78 is 59.2. The first-order chi connectivity index (χ1) is 11.0. The fourth-order valence-electron chi connectivity index (χ4n) is 3.48. The number of alkyl halides is 4. The van der Waals surface area contributed by atoms with Crippen molar-refractivity contribution in [2.24, 2.45) is 0 Å². The molecule has 6 heteroatoms. The highest BCUT2D eigenvalue weighted by Crippen LogP contribution is 2.59. The lowest BCUT2D eigenvalue weighted by Crippen LogP contribution is -2.39. The Labute approximate surface area is 146 Å². The highest BCUT2D eigenvalue weighted by molar-refractivity contribution is 7.12. The summed E-state index contributed by atoms with van der Waals surface area (Å²) in [5.41, 5.74) is -2.80. The molecule has 0 nitrogen and oxygen atoms in total. The molecule has 0 aromatic carbocycles. The lowest BCUT2D eigenvalue weighted by molar-refractivity contribution is -0.0546. The van der Waals surface area contributed by atoms with E-state index >= 15 is 4.39 Å². The number of aryl methyl sites for hydroxylation is 4. The standard InChI is InChI=1S/C18H18F4S2/c1-8-6-12(10(3)23-8)14-15(13-7-9(2)24-11(13)4)18(21,22)16(19)17(14,5)20/h6-7,16H,1-5H3. The SMILES string of the molecule is Cc1cc(C2=C(c3cc(C)sc3C)C(F)(F)C(F)C2(C)F)c(C)s1. The van der Waals surface area contributed by atoms with Crippen LogP contribution in [0, 0.1) is 27.7 Å². The number of hydrogen-bond donors (Lipinski definition) is 0. The van der Waals surface area contributed by atoms with Gasteiger partial charge in [-0.1, -0.05) is 0 Å². The van der Waals surface area contributed by atoms with Gasteiger partial charge in [-0.15, -0.1) is 22.7 Å². The van der Waals surface area contributed by atoms with E-state index in [4.69, 9.17) is 0 Å². The van der Waals surface area contributed by atoms with Crippen molar-refractivity contribution < 1.29 is 17.6 Å². The minimum atomic E-state index is -3.86. The lowest BCUT2D eigenvalue weighted by atomic mass is 9.90. The van der Waals surface area contributed by atoms with Crippen molar-refractivity contribution in [3.63, 3.8) is 0 Å². The largest absolute Gasteiger partial charge is 0.308 e. The molecule has 0 amide bonds. The van der Waals surface area contributed by atoms with E-state index in [1.807, 2.05) is 6.92 Å². The Morgan fingerprint density at radius 1 is 0.833 bits per heavy atom. The van der Waals surface area contributed by atoms with Gasteiger partial charge in [0.25, 0.3) is 0 Å². The predicted molar refractivity (Wildman–Crippen MR) is 93.8 cm³/mol. The van der Waals surface area contributed by atoms with E-state index in [0.717, 1.165) is 21.6 Å². The normalized spacial score (nSPS) is 26.5. The monoisotopic (exact) mass is 374 g/mol. The molecular weight excluding hydrogens is 356 g/mol. The van der Waals surface area contributed by atoms with Gasteiger partial charge in [-0.25, -0.2) is 8.78 Å². The lowest BCUT2D eigenvalue weighted by Gasteiger charge is -2.22. The molecule has 2 unspecified atom stereocenters. The van der Waals surface area contributed by atoms with E-state index in [2.05, 4.69) is 0 Å². The summed E-state index contributed by atoms with van der Waals surface area (Å²) >= 11 is 2.75. The fraction of sp³-hybridized carbons (Fsp3) is 0.444. The highest BCUT2D eigenvalue weighted by atomic mass is 32.1. The van der Waals surface area contributed by atoms with Gasteiger partial charge in [0.15, 0.2) is 5.67 Å². The maximum atomic E-state index is 15.2. The quantitative estimate of drug-likeness (QED) is 0.515. The molecule has 2 atom stereocenters. The van der Waals surface area contributed by atoms with E-state index in [9.17, 15) is 13.2 Å². The van der Waals surface area contributed by atoms with E-state index < -0.39 is 23.3 Å². The number of allylic oxidation sites excluding steroid dienone is 2. The number of halogens is 4. The van der Waals surface area contributed by atoms with Gasteiger partial charge < -0.3 is 0 Å². The minimum absolute atomic E-state index is 0.206. The molecule has 130 valence electrons. The topological polar surface area (TPSA) is 0 Å². The molecule has 2 aromatic rings. The third-order valence-electron chi connectivity index (χ3n) is 4.49. The molecular formula is C18H18F4S2. The van der Waals surface area contributed by atoms with Crippen molar-refractivity contribution in [2.75, 3.05) is 0 Å². The predicted octanol–water partition coefficient (Wildman–Crippen LogP) is 6.67. The van der Waals surface area contributed by atoms with Crippen LogP contribution < -0.4 is 0 Å². The van der Waals surface area contributed by atoms with Crippen LogP contribution >= 0.6 is 22.7 Å². The molecule has 0 N–H and O–H groups in total. The number of thiophene rings is 2. The summed E-state index contributed by atoms with van der Waals surface area (Å²) in [5.74, 6) is -3.86. The van der Waals surface area contributed by atoms with Gasteiger partial charge >= 0.3 is 5.92 Å². The van der Waals surface area contributed by atoms with Crippen molar-refractivity contribution in [3.8, 4) is 0 Å². The van der Waals surface area contributed by atoms with Crippen molar-refractivity contribution in [1.29, 1.82) is 0 Å². The summed E-state index contributed by atoms with van der Waals surface area (Å²) in [4.78, 5) is 3.09. The third-order valence-corrected chi connectivity index (χ3v) is 6.42. The van der Waals surface area contributed by atoms with E-state index in [1.165, 1.54) is 22.7 Å². The first-order valence-corrected chi connectivity index (χ1v) is 9.22. The van der Waals surface area contributed by atoms with Gasteiger partial charge in [-0.3, -0.25) is 0 Å². The molecule has 1 aliphatic carbocycles. The second-order valence-corrected chi connectivity index (χ2v) is 9.39. The van der Waals surface area contributed by atoms with Crippen LogP contribution in [0.4, 0.5) is 17.6 Å². The molecule has 24 heavy (non-hydrogen) atoms. The Morgan fingerprint density at radius 3 is 1.62 bits per heavy atom. The average Bonchev–Trinajstić information content (AvgIpc) is 2.99. The molecule has 1 aliphatic rings. The molecule has 2 aromatic heterocycles. The Hall–Kier alpha value is -1.14. The van der Waals surface area contributed by atoms with Crippen LogP contribution in [0.15, 0.2) is 12.1 Å². The fourth-order valence-corrected chi connectivity index (χ4v) is 5.34. The molecule has 2 heterocycles. The van der Waals surface area contributed by atoms with Crippen LogP contribution in [-0.2, 0) is 0 Å². The van der Waals surface area contributed by atoms with Gasteiger partial charge in [0.2, 0.25) is 6.17 Å². The first kappa shape index (κ1) is 17.7. The van der Waals surface area contributed by atoms with Crippen molar-refractivity contribution >= 4 is 33.8 Å². The van der Waals surface area contributed by atoms with Crippen molar-refractivity contribution in [3.05, 3.63) is 42.8 Å². The van der Waals surface area contributed by atoms with E-state index in [0.29, 0.717) is 10.4 Å². The smallest absolute Gasteiger partial charge is 0.236 e. The van der Waals surface area contributed by atoms with Crippen LogP contribution in [0.5, 0.6) is 0 Å². The van der Waals surface area contributed by atoms with Crippen molar-refractivity contribution in [1.82, 2.24) is 0 Å².